The lowest BCUT2D eigenvalue weighted by atomic mass is 10.1. The standard InChI is InChI=1S/C21H19N5O2S2/c1-13-3-5-14(6-4-13)17-11-29-20(22-17)23-18(27)12-30-21-24-19(25-26-21)15-7-9-16(28-2)10-8-15/h3-11H,12H2,1-2H3,(H,22,23,27)(H,24,25,26). The van der Waals surface area contributed by atoms with Crippen LogP contribution in [0.5, 0.6) is 5.75 Å². The predicted molar refractivity (Wildman–Crippen MR) is 120 cm³/mol. The molecule has 0 fully saturated rings. The zero-order chi connectivity index (χ0) is 20.9. The van der Waals surface area contributed by atoms with Crippen molar-refractivity contribution in [3.05, 3.63) is 59.5 Å². The Kier molecular flexibility index (Phi) is 6.10. The van der Waals surface area contributed by atoms with E-state index in [-0.39, 0.29) is 11.7 Å². The molecule has 2 N–H and O–H groups in total. The van der Waals surface area contributed by atoms with Gasteiger partial charge in [0.15, 0.2) is 11.0 Å². The summed E-state index contributed by atoms with van der Waals surface area (Å²) in [6.45, 7) is 2.04. The summed E-state index contributed by atoms with van der Waals surface area (Å²) in [6.07, 6.45) is 0. The number of nitrogens with zero attached hydrogens (tertiary/aromatic N) is 3. The molecule has 30 heavy (non-hydrogen) atoms. The molecule has 4 rings (SSSR count). The molecule has 0 aliphatic heterocycles. The average molecular weight is 438 g/mol. The van der Waals surface area contributed by atoms with Crippen LogP contribution < -0.4 is 10.1 Å². The molecule has 7 nitrogen and oxygen atoms in total. The number of anilines is 1. The number of hydrogen-bond donors (Lipinski definition) is 2. The number of aromatic amines is 1. The predicted octanol–water partition coefficient (Wildman–Crippen LogP) is 4.64. The van der Waals surface area contributed by atoms with Gasteiger partial charge in [-0.15, -0.1) is 16.4 Å². The quantitative estimate of drug-likeness (QED) is 0.409. The fraction of sp³-hybridized carbons (Fsp3) is 0.143. The lowest BCUT2D eigenvalue weighted by Crippen LogP contribution is -2.13. The fourth-order valence-corrected chi connectivity index (χ4v) is 4.00. The smallest absolute Gasteiger partial charge is 0.236 e. The Morgan fingerprint density at radius 2 is 1.83 bits per heavy atom. The van der Waals surface area contributed by atoms with Crippen LogP contribution in [0.1, 0.15) is 5.56 Å². The number of carbonyl (C=O) groups is 1. The van der Waals surface area contributed by atoms with Crippen LogP contribution in [0.4, 0.5) is 5.13 Å². The maximum absolute atomic E-state index is 12.3. The highest BCUT2D eigenvalue weighted by molar-refractivity contribution is 7.99. The van der Waals surface area contributed by atoms with Gasteiger partial charge in [0.1, 0.15) is 5.75 Å². The van der Waals surface area contributed by atoms with Crippen molar-refractivity contribution in [3.63, 3.8) is 0 Å². The van der Waals surface area contributed by atoms with Gasteiger partial charge in [-0.1, -0.05) is 41.6 Å². The van der Waals surface area contributed by atoms with E-state index in [1.807, 2.05) is 60.8 Å². The SMILES string of the molecule is COc1ccc(-c2nc(SCC(=O)Nc3nc(-c4ccc(C)cc4)cs3)n[nH]2)cc1. The molecule has 2 aromatic heterocycles. The molecule has 4 aromatic rings. The lowest BCUT2D eigenvalue weighted by molar-refractivity contribution is -0.113. The van der Waals surface area contributed by atoms with Gasteiger partial charge < -0.3 is 10.1 Å². The summed E-state index contributed by atoms with van der Waals surface area (Å²) in [4.78, 5) is 21.2. The maximum Gasteiger partial charge on any atom is 0.236 e. The van der Waals surface area contributed by atoms with Crippen molar-refractivity contribution < 1.29 is 9.53 Å². The number of aryl methyl sites for hydroxylation is 1. The molecule has 1 amide bonds. The third-order valence-corrected chi connectivity index (χ3v) is 5.86. The Hall–Kier alpha value is -3.17. The number of hydrogen-bond acceptors (Lipinski definition) is 7. The Morgan fingerprint density at radius 1 is 1.10 bits per heavy atom. The first-order chi connectivity index (χ1) is 14.6. The number of carbonyl (C=O) groups excluding carboxylic acids is 1. The van der Waals surface area contributed by atoms with Gasteiger partial charge in [-0.2, -0.15) is 0 Å². The minimum absolute atomic E-state index is 0.152. The molecule has 9 heteroatoms. The summed E-state index contributed by atoms with van der Waals surface area (Å²) in [5.74, 6) is 1.46. The molecule has 0 saturated carbocycles. The van der Waals surface area contributed by atoms with Gasteiger partial charge in [0, 0.05) is 16.5 Å². The number of ether oxygens (including phenoxy) is 1. The van der Waals surface area contributed by atoms with Gasteiger partial charge in [-0.25, -0.2) is 9.97 Å². The van der Waals surface area contributed by atoms with Crippen molar-refractivity contribution >= 4 is 34.1 Å². The zero-order valence-electron chi connectivity index (χ0n) is 16.4. The van der Waals surface area contributed by atoms with Crippen LogP contribution >= 0.6 is 23.1 Å². The van der Waals surface area contributed by atoms with E-state index >= 15 is 0 Å². The molecular weight excluding hydrogens is 418 g/mol. The monoisotopic (exact) mass is 437 g/mol. The van der Waals surface area contributed by atoms with Crippen LogP contribution in [0.15, 0.2) is 59.1 Å². The van der Waals surface area contributed by atoms with Gasteiger partial charge in [0.2, 0.25) is 11.1 Å². The van der Waals surface area contributed by atoms with Crippen LogP contribution in [0.3, 0.4) is 0 Å². The molecule has 152 valence electrons. The second kappa shape index (κ2) is 9.10. The fourth-order valence-electron chi connectivity index (χ4n) is 2.66. The number of thioether (sulfide) groups is 1. The van der Waals surface area contributed by atoms with Gasteiger partial charge in [-0.3, -0.25) is 9.89 Å². The number of H-pyrrole nitrogens is 1. The molecule has 0 spiro atoms. The van der Waals surface area contributed by atoms with Crippen LogP contribution in [-0.4, -0.2) is 38.9 Å². The van der Waals surface area contributed by atoms with Crippen molar-refractivity contribution in [2.45, 2.75) is 12.1 Å². The number of nitrogens with one attached hydrogen (secondary N) is 2. The molecule has 0 aliphatic rings. The van der Waals surface area contributed by atoms with Gasteiger partial charge >= 0.3 is 0 Å². The first kappa shape index (κ1) is 20.1. The van der Waals surface area contributed by atoms with Crippen LogP contribution in [-0.2, 0) is 4.79 Å². The number of benzene rings is 2. The number of rotatable bonds is 7. The minimum Gasteiger partial charge on any atom is -0.497 e. The maximum atomic E-state index is 12.3. The third kappa shape index (κ3) is 4.87. The van der Waals surface area contributed by atoms with Crippen molar-refractivity contribution in [2.24, 2.45) is 0 Å². The second-order valence-electron chi connectivity index (χ2n) is 6.44. The zero-order valence-corrected chi connectivity index (χ0v) is 18.0. The summed E-state index contributed by atoms with van der Waals surface area (Å²) in [7, 11) is 1.62. The minimum atomic E-state index is -0.152. The number of aromatic nitrogens is 4. The first-order valence-electron chi connectivity index (χ1n) is 9.13. The summed E-state index contributed by atoms with van der Waals surface area (Å²) < 4.78 is 5.16. The lowest BCUT2D eigenvalue weighted by Gasteiger charge is -2.00. The van der Waals surface area contributed by atoms with Gasteiger partial charge in [0.25, 0.3) is 0 Å². The molecule has 2 heterocycles. The van der Waals surface area contributed by atoms with E-state index in [1.165, 1.54) is 28.7 Å². The highest BCUT2D eigenvalue weighted by Crippen LogP contribution is 2.26. The van der Waals surface area contributed by atoms with Gasteiger partial charge in [-0.05, 0) is 31.2 Å². The highest BCUT2D eigenvalue weighted by atomic mass is 32.2. The number of amides is 1. The summed E-state index contributed by atoms with van der Waals surface area (Å²) in [5, 5.41) is 12.9. The Bertz CT molecular complexity index is 1140. The largest absolute Gasteiger partial charge is 0.497 e. The van der Waals surface area contributed by atoms with E-state index in [0.717, 1.165) is 22.6 Å². The van der Waals surface area contributed by atoms with Crippen LogP contribution in [0.2, 0.25) is 0 Å². The molecule has 0 unspecified atom stereocenters. The number of thiazole rings is 1. The van der Waals surface area contributed by atoms with E-state index in [9.17, 15) is 4.79 Å². The average Bonchev–Trinajstić information content (AvgIpc) is 3.43. The van der Waals surface area contributed by atoms with E-state index in [1.54, 1.807) is 7.11 Å². The Morgan fingerprint density at radius 3 is 2.57 bits per heavy atom. The van der Waals surface area contributed by atoms with E-state index in [2.05, 4.69) is 25.5 Å². The van der Waals surface area contributed by atoms with E-state index in [4.69, 9.17) is 4.74 Å². The van der Waals surface area contributed by atoms with Crippen molar-refractivity contribution in [3.8, 4) is 28.4 Å². The molecule has 0 bridgehead atoms. The second-order valence-corrected chi connectivity index (χ2v) is 8.24. The van der Waals surface area contributed by atoms with Crippen LogP contribution in [0.25, 0.3) is 22.6 Å². The number of methoxy groups -OCH3 is 1. The van der Waals surface area contributed by atoms with E-state index < -0.39 is 0 Å². The molecule has 2 aromatic carbocycles. The normalized spacial score (nSPS) is 10.7. The van der Waals surface area contributed by atoms with Crippen molar-refractivity contribution in [2.75, 3.05) is 18.2 Å². The molecule has 0 radical (unpaired) electrons. The first-order valence-corrected chi connectivity index (χ1v) is 11.0. The topological polar surface area (TPSA) is 92.8 Å². The van der Waals surface area contributed by atoms with Gasteiger partial charge in [0.05, 0.1) is 18.6 Å². The van der Waals surface area contributed by atoms with Crippen LogP contribution in [0, 0.1) is 6.92 Å². The Balaban J connectivity index is 1.32. The third-order valence-electron chi connectivity index (χ3n) is 4.26. The molecule has 0 aliphatic carbocycles. The summed E-state index contributed by atoms with van der Waals surface area (Å²) in [5.41, 5.74) is 3.97. The molecule has 0 atom stereocenters. The van der Waals surface area contributed by atoms with Crippen molar-refractivity contribution in [1.29, 1.82) is 0 Å². The summed E-state index contributed by atoms with van der Waals surface area (Å²) >= 11 is 2.67. The molecule has 0 saturated heterocycles. The van der Waals surface area contributed by atoms with Crippen molar-refractivity contribution in [1.82, 2.24) is 20.2 Å². The highest BCUT2D eigenvalue weighted by Gasteiger charge is 2.11. The Labute approximate surface area is 181 Å². The van der Waals surface area contributed by atoms with E-state index in [0.29, 0.717) is 16.1 Å². The molecular formula is C21H19N5O2S2. The summed E-state index contributed by atoms with van der Waals surface area (Å²) in [6, 6.07) is 15.6.